The van der Waals surface area contributed by atoms with E-state index in [4.69, 9.17) is 5.11 Å². The molecule has 0 aromatic heterocycles. The average Bonchev–Trinajstić information content (AvgIpc) is 2.95. The van der Waals surface area contributed by atoms with Crippen molar-refractivity contribution in [1.82, 2.24) is 15.1 Å². The highest BCUT2D eigenvalue weighted by atomic mass is 16.4. The van der Waals surface area contributed by atoms with E-state index >= 15 is 0 Å². The maximum Gasteiger partial charge on any atom is 0.306 e. The predicted molar refractivity (Wildman–Crippen MR) is 80.0 cm³/mol. The number of carboxylic acids is 1. The van der Waals surface area contributed by atoms with Gasteiger partial charge in [0.1, 0.15) is 0 Å². The van der Waals surface area contributed by atoms with Crippen molar-refractivity contribution < 1.29 is 14.7 Å². The molecule has 6 heteroatoms. The lowest BCUT2D eigenvalue weighted by Gasteiger charge is -2.32. The second kappa shape index (κ2) is 7.75. The molecule has 0 radical (unpaired) electrons. The molecule has 2 aliphatic rings. The van der Waals surface area contributed by atoms with Crippen LogP contribution in [0.25, 0.3) is 0 Å². The van der Waals surface area contributed by atoms with Gasteiger partial charge in [0.2, 0.25) is 5.91 Å². The van der Waals surface area contributed by atoms with Gasteiger partial charge in [-0.15, -0.1) is 0 Å². The smallest absolute Gasteiger partial charge is 0.306 e. The second-order valence-corrected chi connectivity index (χ2v) is 6.33. The number of rotatable bonds is 6. The number of amides is 1. The van der Waals surface area contributed by atoms with Gasteiger partial charge in [0, 0.05) is 38.6 Å². The molecule has 21 heavy (non-hydrogen) atoms. The van der Waals surface area contributed by atoms with E-state index in [2.05, 4.69) is 22.2 Å². The lowest BCUT2D eigenvalue weighted by atomic mass is 10.0. The Bertz CT molecular complexity index is 367. The van der Waals surface area contributed by atoms with Gasteiger partial charge in [-0.05, 0) is 39.3 Å². The number of carboxylic acid groups (broad SMARTS) is 1. The van der Waals surface area contributed by atoms with Crippen LogP contribution in [0.1, 0.15) is 25.7 Å². The summed E-state index contributed by atoms with van der Waals surface area (Å²) in [6, 6.07) is 0. The molecule has 0 unspecified atom stereocenters. The first-order valence-corrected chi connectivity index (χ1v) is 7.97. The third-order valence-electron chi connectivity index (χ3n) is 4.70. The summed E-state index contributed by atoms with van der Waals surface area (Å²) in [6.45, 7) is 6.16. The summed E-state index contributed by atoms with van der Waals surface area (Å²) in [7, 11) is 2.14. The zero-order chi connectivity index (χ0) is 15.2. The van der Waals surface area contributed by atoms with Crippen LogP contribution in [0.3, 0.4) is 0 Å². The summed E-state index contributed by atoms with van der Waals surface area (Å²) in [6.07, 6.45) is 2.81. The number of hydrogen-bond acceptors (Lipinski definition) is 4. The van der Waals surface area contributed by atoms with Crippen molar-refractivity contribution in [2.75, 3.05) is 46.3 Å². The van der Waals surface area contributed by atoms with Crippen LogP contribution in [0.2, 0.25) is 0 Å². The molecule has 1 saturated carbocycles. The number of piperazine rings is 1. The van der Waals surface area contributed by atoms with Gasteiger partial charge in [-0.2, -0.15) is 0 Å². The minimum Gasteiger partial charge on any atom is -0.481 e. The summed E-state index contributed by atoms with van der Waals surface area (Å²) in [5, 5.41) is 11.9. The van der Waals surface area contributed by atoms with Crippen molar-refractivity contribution >= 4 is 11.9 Å². The third-order valence-corrected chi connectivity index (χ3v) is 4.70. The van der Waals surface area contributed by atoms with Crippen molar-refractivity contribution in [3.05, 3.63) is 0 Å². The summed E-state index contributed by atoms with van der Waals surface area (Å²) < 4.78 is 0. The molecule has 2 atom stereocenters. The monoisotopic (exact) mass is 297 g/mol. The molecular weight excluding hydrogens is 270 g/mol. The van der Waals surface area contributed by atoms with Gasteiger partial charge in [0.05, 0.1) is 5.92 Å². The van der Waals surface area contributed by atoms with Gasteiger partial charge in [-0.1, -0.05) is 0 Å². The van der Waals surface area contributed by atoms with Crippen LogP contribution in [0.5, 0.6) is 0 Å². The van der Waals surface area contributed by atoms with E-state index in [1.807, 2.05) is 0 Å². The van der Waals surface area contributed by atoms with Crippen LogP contribution < -0.4 is 5.32 Å². The van der Waals surface area contributed by atoms with Crippen molar-refractivity contribution in [3.63, 3.8) is 0 Å². The van der Waals surface area contributed by atoms with Crippen LogP contribution in [0.4, 0.5) is 0 Å². The van der Waals surface area contributed by atoms with Gasteiger partial charge < -0.3 is 20.2 Å². The van der Waals surface area contributed by atoms with Gasteiger partial charge in [-0.3, -0.25) is 9.59 Å². The molecule has 120 valence electrons. The van der Waals surface area contributed by atoms with Gasteiger partial charge >= 0.3 is 5.97 Å². The molecule has 1 aliphatic heterocycles. The van der Waals surface area contributed by atoms with Crippen molar-refractivity contribution in [2.24, 2.45) is 11.8 Å². The molecule has 0 aromatic carbocycles. The first kappa shape index (κ1) is 16.2. The Morgan fingerprint density at radius 3 is 2.43 bits per heavy atom. The van der Waals surface area contributed by atoms with Gasteiger partial charge in [-0.25, -0.2) is 0 Å². The summed E-state index contributed by atoms with van der Waals surface area (Å²) in [5.41, 5.74) is 0. The Balaban J connectivity index is 1.56. The predicted octanol–water partition coefficient (Wildman–Crippen LogP) is 0.241. The number of carbonyl (C=O) groups is 2. The zero-order valence-corrected chi connectivity index (χ0v) is 12.9. The van der Waals surface area contributed by atoms with E-state index in [0.29, 0.717) is 25.8 Å². The van der Waals surface area contributed by atoms with Crippen LogP contribution in [0, 0.1) is 11.8 Å². The van der Waals surface area contributed by atoms with Gasteiger partial charge in [0.15, 0.2) is 0 Å². The molecule has 2 N–H and O–H groups in total. The highest BCUT2D eigenvalue weighted by molar-refractivity contribution is 5.80. The van der Waals surface area contributed by atoms with Gasteiger partial charge in [0.25, 0.3) is 0 Å². The molecule has 1 aliphatic carbocycles. The number of carbonyl (C=O) groups excluding carboxylic acids is 1. The SMILES string of the molecule is CN1CCN(CCCNC(=O)[C@@H]2CC[C@H](C(=O)O)C2)CC1. The molecule has 2 fully saturated rings. The Morgan fingerprint density at radius 2 is 1.81 bits per heavy atom. The van der Waals surface area contributed by atoms with Crippen LogP contribution in [0.15, 0.2) is 0 Å². The standard InChI is InChI=1S/C15H27N3O3/c1-17-7-9-18(10-8-17)6-2-5-16-14(19)12-3-4-13(11-12)15(20)21/h12-13H,2-11H2,1H3,(H,16,19)(H,20,21)/t12-,13+/m1/s1. The van der Waals surface area contributed by atoms with Crippen molar-refractivity contribution in [1.29, 1.82) is 0 Å². The van der Waals surface area contributed by atoms with E-state index in [9.17, 15) is 9.59 Å². The van der Waals surface area contributed by atoms with E-state index in [0.717, 1.165) is 39.1 Å². The molecule has 1 amide bonds. The molecular formula is C15H27N3O3. The van der Waals surface area contributed by atoms with Crippen LogP contribution in [-0.2, 0) is 9.59 Å². The van der Waals surface area contributed by atoms with Crippen LogP contribution >= 0.6 is 0 Å². The highest BCUT2D eigenvalue weighted by Crippen LogP contribution is 2.30. The maximum atomic E-state index is 12.0. The third kappa shape index (κ3) is 4.97. The number of hydrogen-bond donors (Lipinski definition) is 2. The molecule has 0 aromatic rings. The van der Waals surface area contributed by atoms with Crippen molar-refractivity contribution in [3.8, 4) is 0 Å². The Hall–Kier alpha value is -1.14. The number of aliphatic carboxylic acids is 1. The molecule has 1 heterocycles. The quantitative estimate of drug-likeness (QED) is 0.687. The minimum atomic E-state index is -0.764. The second-order valence-electron chi connectivity index (χ2n) is 6.33. The normalized spacial score (nSPS) is 27.7. The Morgan fingerprint density at radius 1 is 1.14 bits per heavy atom. The Kier molecular flexibility index (Phi) is 5.99. The fourth-order valence-electron chi connectivity index (χ4n) is 3.17. The number of likely N-dealkylation sites (N-methyl/N-ethyl adjacent to an activating group) is 1. The lowest BCUT2D eigenvalue weighted by molar-refractivity contribution is -0.141. The number of nitrogens with zero attached hydrogens (tertiary/aromatic N) is 2. The lowest BCUT2D eigenvalue weighted by Crippen LogP contribution is -2.45. The maximum absolute atomic E-state index is 12.0. The average molecular weight is 297 g/mol. The molecule has 6 nitrogen and oxygen atoms in total. The summed E-state index contributed by atoms with van der Waals surface area (Å²) >= 11 is 0. The first-order valence-electron chi connectivity index (χ1n) is 7.97. The minimum absolute atomic E-state index is 0.0390. The fourth-order valence-corrected chi connectivity index (χ4v) is 3.17. The summed E-state index contributed by atoms with van der Waals surface area (Å²) in [5.74, 6) is -1.15. The van der Waals surface area contributed by atoms with E-state index < -0.39 is 5.97 Å². The van der Waals surface area contributed by atoms with E-state index in [-0.39, 0.29) is 17.7 Å². The van der Waals surface area contributed by atoms with E-state index in [1.165, 1.54) is 0 Å². The van der Waals surface area contributed by atoms with E-state index in [1.54, 1.807) is 0 Å². The first-order chi connectivity index (χ1) is 10.1. The molecule has 0 spiro atoms. The molecule has 2 rings (SSSR count). The van der Waals surface area contributed by atoms with Crippen LogP contribution in [-0.4, -0.2) is 73.1 Å². The molecule has 1 saturated heterocycles. The largest absolute Gasteiger partial charge is 0.481 e. The highest BCUT2D eigenvalue weighted by Gasteiger charge is 2.33. The fraction of sp³-hybridized carbons (Fsp3) is 0.867. The number of nitrogens with one attached hydrogen (secondary N) is 1. The topological polar surface area (TPSA) is 72.9 Å². The van der Waals surface area contributed by atoms with Crippen molar-refractivity contribution in [2.45, 2.75) is 25.7 Å². The Labute approximate surface area is 126 Å². The summed E-state index contributed by atoms with van der Waals surface area (Å²) in [4.78, 5) is 27.6. The zero-order valence-electron chi connectivity index (χ0n) is 12.9. The molecule has 0 bridgehead atoms.